The molecule has 0 heterocycles. The number of rotatable bonds is 16. The number of allylic oxidation sites excluding steroid dienone is 2. The van der Waals surface area contributed by atoms with Crippen molar-refractivity contribution < 1.29 is 38.0 Å². The highest BCUT2D eigenvalue weighted by atomic mass is 16.6. The molecule has 39 heavy (non-hydrogen) atoms. The third-order valence-electron chi connectivity index (χ3n) is 6.10. The fraction of sp³-hybridized carbons (Fsp3) is 0.419. The number of carbonyl (C=O) groups excluding carboxylic acids is 2. The first-order valence-electron chi connectivity index (χ1n) is 13.0. The molecule has 2 aromatic rings. The molecule has 0 fully saturated rings. The predicted molar refractivity (Wildman–Crippen MR) is 149 cm³/mol. The fourth-order valence-electron chi connectivity index (χ4n) is 3.71. The summed E-state index contributed by atoms with van der Waals surface area (Å²) in [6.07, 6.45) is 4.28. The van der Waals surface area contributed by atoms with Crippen LogP contribution in [0, 0.1) is 0 Å². The van der Waals surface area contributed by atoms with E-state index in [4.69, 9.17) is 28.4 Å². The van der Waals surface area contributed by atoms with Gasteiger partial charge in [0.1, 0.15) is 11.5 Å². The van der Waals surface area contributed by atoms with Crippen LogP contribution in [0.1, 0.15) is 51.7 Å². The highest BCUT2D eigenvalue weighted by molar-refractivity contribution is 5.86. The zero-order chi connectivity index (χ0) is 28.7. The minimum atomic E-state index is -0.476. The molecule has 0 aromatic heterocycles. The second-order valence-corrected chi connectivity index (χ2v) is 9.06. The Labute approximate surface area is 231 Å². The van der Waals surface area contributed by atoms with E-state index in [1.165, 1.54) is 14.2 Å². The molecule has 2 rings (SSSR count). The second kappa shape index (κ2) is 16.1. The first-order chi connectivity index (χ1) is 18.8. The SMILES string of the molecule is CC=C(OC)C(=O)OCCCOc1ccc(C(C)(C)c2ccc(OCCCOC(=O)C(=CC)OC)cc2)cc1. The number of ether oxygens (including phenoxy) is 6. The normalized spacial score (nSPS) is 11.9. The zero-order valence-corrected chi connectivity index (χ0v) is 23.8. The zero-order valence-electron chi connectivity index (χ0n) is 23.8. The molecule has 0 aliphatic heterocycles. The largest absolute Gasteiger partial charge is 0.493 e. The lowest BCUT2D eigenvalue weighted by molar-refractivity contribution is -0.143. The van der Waals surface area contributed by atoms with E-state index in [9.17, 15) is 9.59 Å². The molecule has 0 aliphatic carbocycles. The van der Waals surface area contributed by atoms with Crippen LogP contribution in [-0.2, 0) is 34.0 Å². The smallest absolute Gasteiger partial charge is 0.373 e. The number of hydrogen-bond donors (Lipinski definition) is 0. The van der Waals surface area contributed by atoms with E-state index >= 15 is 0 Å². The Bertz CT molecular complexity index is 1010. The third kappa shape index (κ3) is 9.71. The summed E-state index contributed by atoms with van der Waals surface area (Å²) < 4.78 is 31.8. The van der Waals surface area contributed by atoms with Gasteiger partial charge < -0.3 is 28.4 Å². The van der Waals surface area contributed by atoms with Gasteiger partial charge in [0, 0.05) is 18.3 Å². The van der Waals surface area contributed by atoms with Crippen LogP contribution in [0.15, 0.2) is 72.2 Å². The number of carbonyl (C=O) groups is 2. The molecule has 0 saturated heterocycles. The van der Waals surface area contributed by atoms with Gasteiger partial charge in [-0.1, -0.05) is 38.1 Å². The van der Waals surface area contributed by atoms with Gasteiger partial charge in [0.25, 0.3) is 0 Å². The topological polar surface area (TPSA) is 89.5 Å². The molecule has 0 N–H and O–H groups in total. The molecule has 0 saturated carbocycles. The van der Waals surface area contributed by atoms with Gasteiger partial charge in [-0.05, 0) is 61.4 Å². The Morgan fingerprint density at radius 1 is 0.641 bits per heavy atom. The Kier molecular flexibility index (Phi) is 12.9. The van der Waals surface area contributed by atoms with Crippen LogP contribution in [0.3, 0.4) is 0 Å². The molecule has 0 unspecified atom stereocenters. The Balaban J connectivity index is 1.79. The van der Waals surface area contributed by atoms with E-state index in [1.54, 1.807) is 26.0 Å². The summed E-state index contributed by atoms with van der Waals surface area (Å²) in [7, 11) is 2.87. The van der Waals surface area contributed by atoms with E-state index in [0.717, 1.165) is 22.6 Å². The maximum absolute atomic E-state index is 11.7. The van der Waals surface area contributed by atoms with Crippen molar-refractivity contribution in [1.82, 2.24) is 0 Å². The highest BCUT2D eigenvalue weighted by Crippen LogP contribution is 2.33. The third-order valence-corrected chi connectivity index (χ3v) is 6.10. The van der Waals surface area contributed by atoms with E-state index in [2.05, 4.69) is 38.1 Å². The number of methoxy groups -OCH3 is 2. The van der Waals surface area contributed by atoms with Crippen molar-refractivity contribution in [3.05, 3.63) is 83.3 Å². The summed E-state index contributed by atoms with van der Waals surface area (Å²) in [6.45, 7) is 9.14. The molecule has 2 aromatic carbocycles. The van der Waals surface area contributed by atoms with Crippen LogP contribution in [0.25, 0.3) is 0 Å². The van der Waals surface area contributed by atoms with Crippen molar-refractivity contribution in [3.63, 3.8) is 0 Å². The molecule has 0 bridgehead atoms. The van der Waals surface area contributed by atoms with Gasteiger partial charge in [-0.15, -0.1) is 0 Å². The number of hydrogen-bond acceptors (Lipinski definition) is 8. The molecule has 212 valence electrons. The van der Waals surface area contributed by atoms with Crippen molar-refractivity contribution >= 4 is 11.9 Å². The second-order valence-electron chi connectivity index (χ2n) is 9.06. The van der Waals surface area contributed by atoms with E-state index in [0.29, 0.717) is 26.1 Å². The minimum absolute atomic E-state index is 0.193. The van der Waals surface area contributed by atoms with Gasteiger partial charge in [0.2, 0.25) is 0 Å². The van der Waals surface area contributed by atoms with Crippen LogP contribution >= 0.6 is 0 Å². The number of benzene rings is 2. The van der Waals surface area contributed by atoms with Crippen LogP contribution in [-0.4, -0.2) is 52.6 Å². The van der Waals surface area contributed by atoms with Crippen molar-refractivity contribution in [3.8, 4) is 11.5 Å². The van der Waals surface area contributed by atoms with Crippen molar-refractivity contribution in [2.75, 3.05) is 40.6 Å². The molecule has 8 heteroatoms. The predicted octanol–water partition coefficient (Wildman–Crippen LogP) is 5.74. The molecule has 0 aliphatic rings. The van der Waals surface area contributed by atoms with Gasteiger partial charge in [-0.25, -0.2) is 9.59 Å². The Morgan fingerprint density at radius 3 is 1.31 bits per heavy atom. The van der Waals surface area contributed by atoms with Gasteiger partial charge in [-0.2, -0.15) is 0 Å². The van der Waals surface area contributed by atoms with E-state index in [-0.39, 0.29) is 30.1 Å². The van der Waals surface area contributed by atoms with Crippen molar-refractivity contribution in [2.45, 2.75) is 46.0 Å². The molecule has 8 nitrogen and oxygen atoms in total. The molecular weight excluding hydrogens is 500 g/mol. The quantitative estimate of drug-likeness (QED) is 0.115. The lowest BCUT2D eigenvalue weighted by Gasteiger charge is -2.26. The standard InChI is InChI=1S/C31H40O8/c1-7-27(34-5)29(32)38-21-9-19-36-25-15-11-23(12-16-25)31(3,4)24-13-17-26(18-14-24)37-20-10-22-39-30(33)28(8-2)35-6/h7-8,11-18H,9-10,19-22H2,1-6H3. The summed E-state index contributed by atoms with van der Waals surface area (Å²) in [5.41, 5.74) is 2.07. The highest BCUT2D eigenvalue weighted by Gasteiger charge is 2.23. The molecule has 0 amide bonds. The maximum atomic E-state index is 11.7. The Morgan fingerprint density at radius 2 is 1.00 bits per heavy atom. The lowest BCUT2D eigenvalue weighted by Crippen LogP contribution is -2.18. The van der Waals surface area contributed by atoms with Crippen LogP contribution in [0.5, 0.6) is 11.5 Å². The van der Waals surface area contributed by atoms with E-state index < -0.39 is 11.9 Å². The van der Waals surface area contributed by atoms with Crippen LogP contribution in [0.2, 0.25) is 0 Å². The van der Waals surface area contributed by atoms with Gasteiger partial charge in [0.15, 0.2) is 11.5 Å². The van der Waals surface area contributed by atoms with Crippen LogP contribution < -0.4 is 9.47 Å². The maximum Gasteiger partial charge on any atom is 0.373 e. The monoisotopic (exact) mass is 540 g/mol. The molecular formula is C31H40O8. The van der Waals surface area contributed by atoms with Gasteiger partial charge in [-0.3, -0.25) is 0 Å². The number of esters is 2. The fourth-order valence-corrected chi connectivity index (χ4v) is 3.71. The van der Waals surface area contributed by atoms with Gasteiger partial charge >= 0.3 is 11.9 Å². The molecule has 0 spiro atoms. The van der Waals surface area contributed by atoms with Crippen molar-refractivity contribution in [2.24, 2.45) is 0 Å². The summed E-state index contributed by atoms with van der Waals surface area (Å²) in [6, 6.07) is 16.0. The average Bonchev–Trinajstić information content (AvgIpc) is 2.94. The Hall–Kier alpha value is -3.94. The average molecular weight is 541 g/mol. The molecule has 0 atom stereocenters. The first-order valence-corrected chi connectivity index (χ1v) is 13.0. The van der Waals surface area contributed by atoms with Crippen molar-refractivity contribution in [1.29, 1.82) is 0 Å². The van der Waals surface area contributed by atoms with Crippen LogP contribution in [0.4, 0.5) is 0 Å². The summed E-state index contributed by atoms with van der Waals surface area (Å²) in [5, 5.41) is 0. The molecule has 0 radical (unpaired) electrons. The van der Waals surface area contributed by atoms with E-state index in [1.807, 2.05) is 24.3 Å². The summed E-state index contributed by atoms with van der Waals surface area (Å²) in [5.74, 6) is 0.943. The minimum Gasteiger partial charge on any atom is -0.493 e. The lowest BCUT2D eigenvalue weighted by atomic mass is 9.78. The first kappa shape index (κ1) is 31.3. The summed E-state index contributed by atoms with van der Waals surface area (Å²) in [4.78, 5) is 23.5. The summed E-state index contributed by atoms with van der Waals surface area (Å²) >= 11 is 0. The van der Waals surface area contributed by atoms with Gasteiger partial charge in [0.05, 0.1) is 40.6 Å².